The third-order valence-electron chi connectivity index (χ3n) is 5.12. The molecule has 1 aliphatic carbocycles. The Hall–Kier alpha value is -1.43. The number of nitrogens with one attached hydrogen (secondary N) is 1. The van der Waals surface area contributed by atoms with E-state index in [1.54, 1.807) is 11.0 Å². The SMILES string of the molecule is CC(Cn1cncn1)NC(=O)C1(N2CCCC2)CCCCC1. The molecule has 1 amide bonds. The number of hydrogen-bond donors (Lipinski definition) is 1. The highest BCUT2D eigenvalue weighted by Gasteiger charge is 2.45. The van der Waals surface area contributed by atoms with Crippen LogP contribution in [-0.2, 0) is 11.3 Å². The van der Waals surface area contributed by atoms with Crippen LogP contribution >= 0.6 is 0 Å². The minimum absolute atomic E-state index is 0.0654. The molecule has 1 aliphatic heterocycles. The zero-order valence-corrected chi connectivity index (χ0v) is 13.5. The standard InChI is InChI=1S/C16H27N5O/c1-14(11-21-13-17-12-18-21)19-15(22)16(7-3-2-4-8-16)20-9-5-6-10-20/h12-14H,2-11H2,1H3,(H,19,22). The Morgan fingerprint density at radius 3 is 2.59 bits per heavy atom. The molecule has 1 atom stereocenters. The Morgan fingerprint density at radius 1 is 1.23 bits per heavy atom. The maximum absolute atomic E-state index is 13.0. The topological polar surface area (TPSA) is 63.1 Å². The lowest BCUT2D eigenvalue weighted by molar-refractivity contribution is -0.136. The Bertz CT molecular complexity index is 475. The maximum atomic E-state index is 13.0. The van der Waals surface area contributed by atoms with Gasteiger partial charge >= 0.3 is 0 Å². The Labute approximate surface area is 132 Å². The third-order valence-corrected chi connectivity index (χ3v) is 5.12. The minimum Gasteiger partial charge on any atom is -0.350 e. The normalized spacial score (nSPS) is 23.3. The average Bonchev–Trinajstić information content (AvgIpc) is 3.21. The van der Waals surface area contributed by atoms with Crippen molar-refractivity contribution in [2.24, 2.45) is 0 Å². The highest BCUT2D eigenvalue weighted by molar-refractivity contribution is 5.86. The van der Waals surface area contributed by atoms with Crippen LogP contribution in [0.1, 0.15) is 51.9 Å². The van der Waals surface area contributed by atoms with Gasteiger partial charge in [0.15, 0.2) is 0 Å². The lowest BCUT2D eigenvalue weighted by atomic mass is 9.79. The van der Waals surface area contributed by atoms with E-state index in [0.29, 0.717) is 6.54 Å². The fraction of sp³-hybridized carbons (Fsp3) is 0.812. The molecule has 122 valence electrons. The molecule has 2 heterocycles. The first-order valence-corrected chi connectivity index (χ1v) is 8.59. The number of nitrogens with zero attached hydrogens (tertiary/aromatic N) is 4. The second-order valence-electron chi connectivity index (χ2n) is 6.78. The number of likely N-dealkylation sites (tertiary alicyclic amines) is 1. The molecular formula is C16H27N5O. The van der Waals surface area contributed by atoms with Crippen LogP contribution in [-0.4, -0.2) is 50.2 Å². The highest BCUT2D eigenvalue weighted by Crippen LogP contribution is 2.36. The monoisotopic (exact) mass is 305 g/mol. The summed E-state index contributed by atoms with van der Waals surface area (Å²) >= 11 is 0. The number of carbonyl (C=O) groups is 1. The van der Waals surface area contributed by atoms with Gasteiger partial charge in [-0.1, -0.05) is 19.3 Å². The maximum Gasteiger partial charge on any atom is 0.240 e. The summed E-state index contributed by atoms with van der Waals surface area (Å²) in [7, 11) is 0. The second-order valence-corrected chi connectivity index (χ2v) is 6.78. The Balaban J connectivity index is 1.66. The first-order chi connectivity index (χ1) is 10.7. The van der Waals surface area contributed by atoms with Gasteiger partial charge in [-0.3, -0.25) is 14.4 Å². The van der Waals surface area contributed by atoms with Crippen LogP contribution in [0.5, 0.6) is 0 Å². The van der Waals surface area contributed by atoms with Crippen molar-refractivity contribution in [3.8, 4) is 0 Å². The third kappa shape index (κ3) is 3.16. The van der Waals surface area contributed by atoms with E-state index in [0.717, 1.165) is 25.9 Å². The van der Waals surface area contributed by atoms with Gasteiger partial charge in [0.2, 0.25) is 5.91 Å². The van der Waals surface area contributed by atoms with Crippen LogP contribution in [0.4, 0.5) is 0 Å². The predicted molar refractivity (Wildman–Crippen MR) is 84.2 cm³/mol. The summed E-state index contributed by atoms with van der Waals surface area (Å²) < 4.78 is 1.77. The van der Waals surface area contributed by atoms with Crippen LogP contribution in [0.25, 0.3) is 0 Å². The summed E-state index contributed by atoms with van der Waals surface area (Å²) in [6.07, 6.45) is 11.3. The van der Waals surface area contributed by atoms with Crippen molar-refractivity contribution in [1.29, 1.82) is 0 Å². The fourth-order valence-corrected chi connectivity index (χ4v) is 3.98. The molecule has 1 saturated heterocycles. The molecule has 6 heteroatoms. The molecule has 1 aromatic rings. The number of aromatic nitrogens is 3. The van der Waals surface area contributed by atoms with Crippen molar-refractivity contribution in [3.05, 3.63) is 12.7 Å². The van der Waals surface area contributed by atoms with Crippen molar-refractivity contribution < 1.29 is 4.79 Å². The first-order valence-electron chi connectivity index (χ1n) is 8.59. The van der Waals surface area contributed by atoms with Crippen LogP contribution < -0.4 is 5.32 Å². The molecule has 1 saturated carbocycles. The number of rotatable bonds is 5. The lowest BCUT2D eigenvalue weighted by Crippen LogP contribution is -2.60. The minimum atomic E-state index is -0.259. The molecule has 1 N–H and O–H groups in total. The highest BCUT2D eigenvalue weighted by atomic mass is 16.2. The molecule has 0 aromatic carbocycles. The summed E-state index contributed by atoms with van der Waals surface area (Å²) in [4.78, 5) is 19.4. The molecule has 0 bridgehead atoms. The van der Waals surface area contributed by atoms with Gasteiger partial charge in [-0.05, 0) is 45.7 Å². The van der Waals surface area contributed by atoms with E-state index in [4.69, 9.17) is 0 Å². The van der Waals surface area contributed by atoms with Crippen molar-refractivity contribution >= 4 is 5.91 Å². The molecule has 0 spiro atoms. The van der Waals surface area contributed by atoms with Crippen molar-refractivity contribution in [3.63, 3.8) is 0 Å². The molecule has 22 heavy (non-hydrogen) atoms. The van der Waals surface area contributed by atoms with Gasteiger partial charge in [-0.2, -0.15) is 5.10 Å². The van der Waals surface area contributed by atoms with Gasteiger partial charge in [0, 0.05) is 6.04 Å². The second kappa shape index (κ2) is 6.77. The molecule has 2 fully saturated rings. The van der Waals surface area contributed by atoms with Gasteiger partial charge in [-0.15, -0.1) is 0 Å². The van der Waals surface area contributed by atoms with E-state index in [9.17, 15) is 4.79 Å². The summed E-state index contributed by atoms with van der Waals surface area (Å²) in [5.41, 5.74) is -0.259. The smallest absolute Gasteiger partial charge is 0.240 e. The largest absolute Gasteiger partial charge is 0.350 e. The quantitative estimate of drug-likeness (QED) is 0.897. The van der Waals surface area contributed by atoms with Crippen LogP contribution in [0, 0.1) is 0 Å². The molecule has 0 radical (unpaired) electrons. The van der Waals surface area contributed by atoms with Gasteiger partial charge in [-0.25, -0.2) is 4.98 Å². The van der Waals surface area contributed by atoms with E-state index in [1.165, 1.54) is 38.4 Å². The summed E-state index contributed by atoms with van der Waals surface area (Å²) in [6.45, 7) is 4.86. The number of amides is 1. The lowest BCUT2D eigenvalue weighted by Gasteiger charge is -2.43. The van der Waals surface area contributed by atoms with Crippen molar-refractivity contribution in [2.45, 2.75) is 70.0 Å². The molecule has 3 rings (SSSR count). The Morgan fingerprint density at radius 2 is 1.95 bits per heavy atom. The summed E-state index contributed by atoms with van der Waals surface area (Å²) in [5.74, 6) is 0.224. The molecular weight excluding hydrogens is 278 g/mol. The fourth-order valence-electron chi connectivity index (χ4n) is 3.98. The van der Waals surface area contributed by atoms with Crippen LogP contribution in [0.2, 0.25) is 0 Å². The molecule has 6 nitrogen and oxygen atoms in total. The first kappa shape index (κ1) is 15.5. The molecule has 1 aromatic heterocycles. The van der Waals surface area contributed by atoms with Gasteiger partial charge in [0.25, 0.3) is 0 Å². The Kier molecular flexibility index (Phi) is 4.76. The number of hydrogen-bond acceptors (Lipinski definition) is 4. The number of carbonyl (C=O) groups excluding carboxylic acids is 1. The van der Waals surface area contributed by atoms with E-state index >= 15 is 0 Å². The van der Waals surface area contributed by atoms with Crippen LogP contribution in [0.15, 0.2) is 12.7 Å². The van der Waals surface area contributed by atoms with E-state index in [1.807, 2.05) is 6.92 Å². The summed E-state index contributed by atoms with van der Waals surface area (Å²) in [5, 5.41) is 7.35. The van der Waals surface area contributed by atoms with E-state index in [2.05, 4.69) is 20.3 Å². The zero-order chi connectivity index (χ0) is 15.4. The van der Waals surface area contributed by atoms with Crippen LogP contribution in [0.3, 0.4) is 0 Å². The van der Waals surface area contributed by atoms with Gasteiger partial charge in [0.05, 0.1) is 6.54 Å². The van der Waals surface area contributed by atoms with Crippen molar-refractivity contribution in [2.75, 3.05) is 13.1 Å². The zero-order valence-electron chi connectivity index (χ0n) is 13.5. The van der Waals surface area contributed by atoms with Gasteiger partial charge < -0.3 is 5.32 Å². The van der Waals surface area contributed by atoms with E-state index in [-0.39, 0.29) is 17.5 Å². The molecule has 2 aliphatic rings. The van der Waals surface area contributed by atoms with E-state index < -0.39 is 0 Å². The van der Waals surface area contributed by atoms with Crippen molar-refractivity contribution in [1.82, 2.24) is 25.0 Å². The van der Waals surface area contributed by atoms with Gasteiger partial charge in [0.1, 0.15) is 18.2 Å². The average molecular weight is 305 g/mol. The summed E-state index contributed by atoms with van der Waals surface area (Å²) in [6, 6.07) is 0.0654. The predicted octanol–water partition coefficient (Wildman–Crippen LogP) is 1.58. The molecule has 1 unspecified atom stereocenters.